The van der Waals surface area contributed by atoms with E-state index in [4.69, 9.17) is 4.74 Å². The van der Waals surface area contributed by atoms with E-state index in [9.17, 15) is 4.79 Å². The summed E-state index contributed by atoms with van der Waals surface area (Å²) in [5, 5.41) is 5.99. The van der Waals surface area contributed by atoms with E-state index < -0.39 is 0 Å². The Hall–Kier alpha value is -0.780. The van der Waals surface area contributed by atoms with E-state index in [0.717, 1.165) is 10.7 Å². The van der Waals surface area contributed by atoms with E-state index >= 15 is 0 Å². The standard InChI is InChI=1S/C13H22N2O2S/c1-13(2,3)11-9-18-12(15-11)7-10(16)8-14-5-6-17-4/h9,14H,5-8H2,1-4H3. The van der Waals surface area contributed by atoms with Crippen LogP contribution in [0.3, 0.4) is 0 Å². The van der Waals surface area contributed by atoms with Gasteiger partial charge in [0.25, 0.3) is 0 Å². The van der Waals surface area contributed by atoms with Crippen molar-refractivity contribution in [3.8, 4) is 0 Å². The first kappa shape index (κ1) is 15.3. The number of ether oxygens (including phenoxy) is 1. The fourth-order valence-electron chi connectivity index (χ4n) is 1.37. The molecule has 0 aromatic carbocycles. The summed E-state index contributed by atoms with van der Waals surface area (Å²) in [7, 11) is 1.65. The SMILES string of the molecule is COCCNCC(=O)Cc1nc(C(C)(C)C)cs1. The van der Waals surface area contributed by atoms with Crippen molar-refractivity contribution < 1.29 is 9.53 Å². The summed E-state index contributed by atoms with van der Waals surface area (Å²) in [6, 6.07) is 0. The second-order valence-electron chi connectivity index (χ2n) is 5.26. The zero-order valence-electron chi connectivity index (χ0n) is 11.6. The third-order valence-corrected chi connectivity index (χ3v) is 3.32. The van der Waals surface area contributed by atoms with Crippen molar-refractivity contribution in [1.29, 1.82) is 0 Å². The Kier molecular flexibility index (Phi) is 5.91. The third-order valence-electron chi connectivity index (χ3n) is 2.47. The van der Waals surface area contributed by atoms with Crippen LogP contribution >= 0.6 is 11.3 Å². The van der Waals surface area contributed by atoms with E-state index in [2.05, 4.69) is 31.1 Å². The molecule has 4 nitrogen and oxygen atoms in total. The molecular formula is C13H22N2O2S. The second kappa shape index (κ2) is 6.97. The molecule has 1 N–H and O–H groups in total. The van der Waals surface area contributed by atoms with Gasteiger partial charge in [0, 0.05) is 24.4 Å². The summed E-state index contributed by atoms with van der Waals surface area (Å²) in [5.74, 6) is 0.168. The van der Waals surface area contributed by atoms with Crippen LogP contribution in [-0.4, -0.2) is 37.6 Å². The number of Topliss-reactive ketones (excluding diaryl/α,β-unsaturated/α-hetero) is 1. The highest BCUT2D eigenvalue weighted by molar-refractivity contribution is 7.09. The second-order valence-corrected chi connectivity index (χ2v) is 6.20. The molecule has 1 rings (SSSR count). The summed E-state index contributed by atoms with van der Waals surface area (Å²) >= 11 is 1.56. The topological polar surface area (TPSA) is 51.2 Å². The number of rotatable bonds is 7. The third kappa shape index (κ3) is 5.25. The molecule has 5 heteroatoms. The van der Waals surface area contributed by atoms with Crippen LogP contribution < -0.4 is 5.32 Å². The molecule has 18 heavy (non-hydrogen) atoms. The van der Waals surface area contributed by atoms with Gasteiger partial charge in [0.05, 0.1) is 25.3 Å². The lowest BCUT2D eigenvalue weighted by Gasteiger charge is -2.14. The number of hydrogen-bond acceptors (Lipinski definition) is 5. The number of nitrogens with one attached hydrogen (secondary N) is 1. The Morgan fingerprint density at radius 1 is 1.50 bits per heavy atom. The van der Waals surface area contributed by atoms with Crippen molar-refractivity contribution in [2.45, 2.75) is 32.6 Å². The predicted molar refractivity (Wildman–Crippen MR) is 74.3 cm³/mol. The van der Waals surface area contributed by atoms with Gasteiger partial charge in [-0.3, -0.25) is 4.79 Å². The maximum Gasteiger partial charge on any atom is 0.153 e. The number of ketones is 1. The molecule has 0 radical (unpaired) electrons. The first-order valence-corrected chi connectivity index (χ1v) is 6.97. The van der Waals surface area contributed by atoms with Gasteiger partial charge < -0.3 is 10.1 Å². The Bertz CT molecular complexity index is 383. The minimum absolute atomic E-state index is 0.0501. The van der Waals surface area contributed by atoms with E-state index in [0.29, 0.717) is 26.1 Å². The van der Waals surface area contributed by atoms with Gasteiger partial charge in [0.15, 0.2) is 5.78 Å². The quantitative estimate of drug-likeness (QED) is 0.768. The van der Waals surface area contributed by atoms with Gasteiger partial charge in [-0.2, -0.15) is 0 Å². The number of thiazole rings is 1. The molecule has 0 aliphatic heterocycles. The maximum atomic E-state index is 11.7. The Morgan fingerprint density at radius 2 is 2.22 bits per heavy atom. The molecule has 0 aliphatic rings. The molecule has 1 aromatic heterocycles. The van der Waals surface area contributed by atoms with Gasteiger partial charge >= 0.3 is 0 Å². The molecule has 0 amide bonds. The van der Waals surface area contributed by atoms with Crippen molar-refractivity contribution in [2.75, 3.05) is 26.8 Å². The lowest BCUT2D eigenvalue weighted by atomic mass is 9.93. The Labute approximate surface area is 113 Å². The zero-order valence-corrected chi connectivity index (χ0v) is 12.4. The van der Waals surface area contributed by atoms with Crippen LogP contribution in [0.15, 0.2) is 5.38 Å². The highest BCUT2D eigenvalue weighted by Crippen LogP contribution is 2.23. The summed E-state index contributed by atoms with van der Waals surface area (Å²) in [4.78, 5) is 16.2. The monoisotopic (exact) mass is 270 g/mol. The first-order chi connectivity index (χ1) is 8.43. The van der Waals surface area contributed by atoms with Crippen LogP contribution in [0.25, 0.3) is 0 Å². The molecule has 0 bridgehead atoms. The van der Waals surface area contributed by atoms with Crippen LogP contribution in [0.4, 0.5) is 0 Å². The van der Waals surface area contributed by atoms with Gasteiger partial charge in [0.1, 0.15) is 5.01 Å². The van der Waals surface area contributed by atoms with Crippen LogP contribution in [-0.2, 0) is 21.4 Å². The number of carbonyl (C=O) groups excluding carboxylic acids is 1. The van der Waals surface area contributed by atoms with Crippen LogP contribution in [0.2, 0.25) is 0 Å². The number of nitrogens with zero attached hydrogens (tertiary/aromatic N) is 1. The maximum absolute atomic E-state index is 11.7. The van der Waals surface area contributed by atoms with Crippen LogP contribution in [0, 0.1) is 0 Å². The molecule has 0 saturated heterocycles. The van der Waals surface area contributed by atoms with E-state index in [-0.39, 0.29) is 11.2 Å². The number of aromatic nitrogens is 1. The van der Waals surface area contributed by atoms with Crippen LogP contribution in [0.1, 0.15) is 31.5 Å². The number of hydrogen-bond donors (Lipinski definition) is 1. The summed E-state index contributed by atoms with van der Waals surface area (Å²) in [6.45, 7) is 8.08. The van der Waals surface area contributed by atoms with Gasteiger partial charge in [-0.1, -0.05) is 20.8 Å². The van der Waals surface area contributed by atoms with Crippen molar-refractivity contribution in [1.82, 2.24) is 10.3 Å². The minimum atomic E-state index is 0.0501. The first-order valence-electron chi connectivity index (χ1n) is 6.09. The lowest BCUT2D eigenvalue weighted by molar-refractivity contribution is -0.117. The van der Waals surface area contributed by atoms with Crippen LogP contribution in [0.5, 0.6) is 0 Å². The molecule has 1 aromatic rings. The van der Waals surface area contributed by atoms with Gasteiger partial charge in [0.2, 0.25) is 0 Å². The van der Waals surface area contributed by atoms with Gasteiger partial charge in [-0.05, 0) is 0 Å². The lowest BCUT2D eigenvalue weighted by Crippen LogP contribution is -2.27. The van der Waals surface area contributed by atoms with Crippen molar-refractivity contribution in [3.63, 3.8) is 0 Å². The van der Waals surface area contributed by atoms with Crippen molar-refractivity contribution in [2.24, 2.45) is 0 Å². The minimum Gasteiger partial charge on any atom is -0.383 e. The average Bonchev–Trinajstić information content (AvgIpc) is 2.72. The van der Waals surface area contributed by atoms with Crippen molar-refractivity contribution in [3.05, 3.63) is 16.1 Å². The van der Waals surface area contributed by atoms with Gasteiger partial charge in [-0.15, -0.1) is 11.3 Å². The normalized spacial score (nSPS) is 11.8. The molecule has 0 fully saturated rings. The van der Waals surface area contributed by atoms with E-state index in [1.54, 1.807) is 18.4 Å². The molecular weight excluding hydrogens is 248 g/mol. The molecule has 0 aliphatic carbocycles. The van der Waals surface area contributed by atoms with E-state index in [1.165, 1.54) is 0 Å². The molecule has 102 valence electrons. The number of carbonyl (C=O) groups is 1. The molecule has 0 saturated carbocycles. The zero-order chi connectivity index (χ0) is 13.6. The Balaban J connectivity index is 2.38. The highest BCUT2D eigenvalue weighted by Gasteiger charge is 2.18. The average molecular weight is 270 g/mol. The fraction of sp³-hybridized carbons (Fsp3) is 0.692. The molecule has 1 heterocycles. The number of methoxy groups -OCH3 is 1. The summed E-state index contributed by atoms with van der Waals surface area (Å²) < 4.78 is 4.90. The summed E-state index contributed by atoms with van der Waals surface area (Å²) in [5.41, 5.74) is 1.11. The van der Waals surface area contributed by atoms with Crippen molar-refractivity contribution >= 4 is 17.1 Å². The molecule has 0 unspecified atom stereocenters. The fourth-order valence-corrected chi connectivity index (χ4v) is 2.42. The molecule has 0 spiro atoms. The smallest absolute Gasteiger partial charge is 0.153 e. The Morgan fingerprint density at radius 3 is 2.78 bits per heavy atom. The largest absolute Gasteiger partial charge is 0.383 e. The summed E-state index contributed by atoms with van der Waals surface area (Å²) in [6.07, 6.45) is 0.417. The van der Waals surface area contributed by atoms with E-state index in [1.807, 2.05) is 5.38 Å². The highest BCUT2D eigenvalue weighted by atomic mass is 32.1. The predicted octanol–water partition coefficient (Wildman–Crippen LogP) is 1.79. The van der Waals surface area contributed by atoms with Gasteiger partial charge in [-0.25, -0.2) is 4.98 Å². The molecule has 0 atom stereocenters.